The summed E-state index contributed by atoms with van der Waals surface area (Å²) in [5.41, 5.74) is 1.45. The molecule has 0 aromatic carbocycles. The van der Waals surface area contributed by atoms with Crippen LogP contribution in [0.25, 0.3) is 0 Å². The number of hydrogen-bond acceptors (Lipinski definition) is 5. The number of fused-ring (bicyclic) bond motifs is 5. The van der Waals surface area contributed by atoms with E-state index in [1.807, 2.05) is 6.08 Å². The zero-order chi connectivity index (χ0) is 24.0. The standard InChI is InChI=1S/C26H37NO6/c1-15(24(31)32)27-22(29)8-9-23(30)33-21-7-6-19-18-5-4-16-14-17(28)10-12-25(16,2)20(18)11-13-26(19,21)3/h14-15,18-21H,4-13H2,1-3H3,(H,27,29)(H,31,32)/t15-,18+,19+,20+,21-,25+,26+/m1/s1. The van der Waals surface area contributed by atoms with Crippen LogP contribution in [-0.2, 0) is 23.9 Å². The topological polar surface area (TPSA) is 110 Å². The minimum absolute atomic E-state index is 0.0400. The molecule has 7 heteroatoms. The first-order chi connectivity index (χ1) is 15.5. The lowest BCUT2D eigenvalue weighted by Crippen LogP contribution is -2.51. The molecule has 7 nitrogen and oxygen atoms in total. The molecule has 182 valence electrons. The number of aliphatic carboxylic acids is 1. The van der Waals surface area contributed by atoms with Crippen LogP contribution in [0.15, 0.2) is 11.6 Å². The number of ether oxygens (including phenoxy) is 1. The van der Waals surface area contributed by atoms with Gasteiger partial charge in [-0.15, -0.1) is 0 Å². The van der Waals surface area contributed by atoms with Crippen molar-refractivity contribution < 1.29 is 29.0 Å². The molecule has 0 saturated heterocycles. The van der Waals surface area contributed by atoms with Crippen molar-refractivity contribution in [3.63, 3.8) is 0 Å². The van der Waals surface area contributed by atoms with E-state index in [4.69, 9.17) is 9.84 Å². The maximum Gasteiger partial charge on any atom is 0.325 e. The minimum Gasteiger partial charge on any atom is -0.480 e. The number of allylic oxidation sites excluding steroid dienone is 1. The average Bonchev–Trinajstić information content (AvgIpc) is 3.09. The highest BCUT2D eigenvalue weighted by Crippen LogP contribution is 2.65. The molecule has 0 bridgehead atoms. The molecule has 3 saturated carbocycles. The zero-order valence-electron chi connectivity index (χ0n) is 20.0. The number of carboxylic acids is 1. The quantitative estimate of drug-likeness (QED) is 0.585. The third kappa shape index (κ3) is 4.35. The number of carbonyl (C=O) groups excluding carboxylic acids is 3. The Hall–Kier alpha value is -2.18. The van der Waals surface area contributed by atoms with Crippen molar-refractivity contribution in [3.8, 4) is 0 Å². The lowest BCUT2D eigenvalue weighted by Gasteiger charge is -2.57. The summed E-state index contributed by atoms with van der Waals surface area (Å²) in [7, 11) is 0. The van der Waals surface area contributed by atoms with Crippen LogP contribution in [0.1, 0.15) is 85.0 Å². The van der Waals surface area contributed by atoms with Gasteiger partial charge in [-0.05, 0) is 81.1 Å². The van der Waals surface area contributed by atoms with Gasteiger partial charge in [-0.3, -0.25) is 19.2 Å². The van der Waals surface area contributed by atoms with Gasteiger partial charge in [0.2, 0.25) is 5.91 Å². The van der Waals surface area contributed by atoms with E-state index in [-0.39, 0.29) is 41.5 Å². The molecular weight excluding hydrogens is 422 g/mol. The molecule has 4 aliphatic rings. The fourth-order valence-electron chi connectivity index (χ4n) is 7.51. The van der Waals surface area contributed by atoms with Crippen molar-refractivity contribution in [2.24, 2.45) is 28.6 Å². The van der Waals surface area contributed by atoms with E-state index in [1.165, 1.54) is 12.5 Å². The van der Waals surface area contributed by atoms with Gasteiger partial charge in [0.15, 0.2) is 5.78 Å². The van der Waals surface area contributed by atoms with Crippen LogP contribution < -0.4 is 5.32 Å². The smallest absolute Gasteiger partial charge is 0.325 e. The van der Waals surface area contributed by atoms with E-state index in [2.05, 4.69) is 19.2 Å². The first-order valence-electron chi connectivity index (χ1n) is 12.5. The Morgan fingerprint density at radius 3 is 2.58 bits per heavy atom. The van der Waals surface area contributed by atoms with E-state index in [0.29, 0.717) is 24.2 Å². The Labute approximate surface area is 195 Å². The van der Waals surface area contributed by atoms with Gasteiger partial charge in [0.25, 0.3) is 0 Å². The molecule has 0 aliphatic heterocycles. The van der Waals surface area contributed by atoms with Gasteiger partial charge in [-0.25, -0.2) is 0 Å². The molecule has 3 fully saturated rings. The number of carbonyl (C=O) groups is 4. The van der Waals surface area contributed by atoms with Crippen molar-refractivity contribution in [2.75, 3.05) is 0 Å². The first-order valence-corrected chi connectivity index (χ1v) is 12.5. The molecule has 0 spiro atoms. The summed E-state index contributed by atoms with van der Waals surface area (Å²) in [6.07, 6.45) is 9.46. The molecule has 4 rings (SSSR count). The second-order valence-electron chi connectivity index (χ2n) is 11.2. The molecule has 0 unspecified atom stereocenters. The summed E-state index contributed by atoms with van der Waals surface area (Å²) in [6.45, 7) is 6.04. The summed E-state index contributed by atoms with van der Waals surface area (Å²) in [5, 5.41) is 11.3. The van der Waals surface area contributed by atoms with Crippen LogP contribution in [0, 0.1) is 28.6 Å². The maximum absolute atomic E-state index is 12.5. The molecule has 0 aromatic rings. The lowest BCUT2D eigenvalue weighted by molar-refractivity contribution is -0.160. The number of ketones is 1. The van der Waals surface area contributed by atoms with Gasteiger partial charge in [-0.1, -0.05) is 19.4 Å². The van der Waals surface area contributed by atoms with Crippen LogP contribution >= 0.6 is 0 Å². The number of amides is 1. The van der Waals surface area contributed by atoms with Crippen molar-refractivity contribution in [1.29, 1.82) is 0 Å². The van der Waals surface area contributed by atoms with E-state index >= 15 is 0 Å². The van der Waals surface area contributed by atoms with Crippen LogP contribution in [-0.4, -0.2) is 40.9 Å². The van der Waals surface area contributed by atoms with Crippen LogP contribution in [0.2, 0.25) is 0 Å². The maximum atomic E-state index is 12.5. The van der Waals surface area contributed by atoms with Gasteiger partial charge in [-0.2, -0.15) is 0 Å². The molecule has 0 radical (unpaired) electrons. The van der Waals surface area contributed by atoms with Crippen molar-refractivity contribution in [2.45, 2.75) is 97.1 Å². The summed E-state index contributed by atoms with van der Waals surface area (Å²) in [4.78, 5) is 47.3. The van der Waals surface area contributed by atoms with E-state index in [0.717, 1.165) is 44.9 Å². The highest BCUT2D eigenvalue weighted by atomic mass is 16.5. The molecular formula is C26H37NO6. The molecule has 0 heterocycles. The number of esters is 1. The Morgan fingerprint density at radius 1 is 1.09 bits per heavy atom. The Kier molecular flexibility index (Phi) is 6.45. The van der Waals surface area contributed by atoms with Crippen molar-refractivity contribution in [1.82, 2.24) is 5.32 Å². The highest BCUT2D eigenvalue weighted by Gasteiger charge is 2.59. The van der Waals surface area contributed by atoms with E-state index in [9.17, 15) is 19.2 Å². The Bertz CT molecular complexity index is 880. The van der Waals surface area contributed by atoms with Gasteiger partial charge >= 0.3 is 11.9 Å². The summed E-state index contributed by atoms with van der Waals surface area (Å²) in [6, 6.07) is -0.979. The van der Waals surface area contributed by atoms with E-state index in [1.54, 1.807) is 0 Å². The number of hydrogen-bond donors (Lipinski definition) is 2. The van der Waals surface area contributed by atoms with Crippen molar-refractivity contribution >= 4 is 23.6 Å². The Morgan fingerprint density at radius 2 is 1.85 bits per heavy atom. The fourth-order valence-corrected chi connectivity index (χ4v) is 7.51. The largest absolute Gasteiger partial charge is 0.480 e. The highest BCUT2D eigenvalue weighted by molar-refractivity contribution is 5.91. The molecule has 7 atom stereocenters. The number of nitrogens with one attached hydrogen (secondary N) is 1. The van der Waals surface area contributed by atoms with Gasteiger partial charge in [0, 0.05) is 18.3 Å². The Balaban J connectivity index is 1.37. The fraction of sp³-hybridized carbons (Fsp3) is 0.769. The van der Waals surface area contributed by atoms with Crippen LogP contribution in [0.4, 0.5) is 0 Å². The summed E-state index contributed by atoms with van der Waals surface area (Å²) < 4.78 is 5.92. The molecule has 4 aliphatic carbocycles. The van der Waals surface area contributed by atoms with Crippen LogP contribution in [0.3, 0.4) is 0 Å². The predicted octanol–water partition coefficient (Wildman–Crippen LogP) is 3.80. The molecule has 0 aromatic heterocycles. The first kappa shape index (κ1) is 24.0. The predicted molar refractivity (Wildman–Crippen MR) is 121 cm³/mol. The van der Waals surface area contributed by atoms with Gasteiger partial charge < -0.3 is 15.2 Å². The third-order valence-electron chi connectivity index (χ3n) is 9.45. The monoisotopic (exact) mass is 459 g/mol. The number of carboxylic acid groups (broad SMARTS) is 1. The third-order valence-corrected chi connectivity index (χ3v) is 9.45. The normalized spacial score (nSPS) is 38.3. The average molecular weight is 460 g/mol. The summed E-state index contributed by atoms with van der Waals surface area (Å²) >= 11 is 0. The molecule has 2 N–H and O–H groups in total. The zero-order valence-corrected chi connectivity index (χ0v) is 20.0. The number of rotatable bonds is 6. The van der Waals surface area contributed by atoms with Gasteiger partial charge in [0.1, 0.15) is 12.1 Å². The SMILES string of the molecule is C[C@@H](NC(=O)CCC(=O)O[C@@H]1CC[C@H]2[C@@H]3CCC4=CC(=O)CC[C@]4(C)[C@H]3CC[C@]12C)C(=O)O. The van der Waals surface area contributed by atoms with Gasteiger partial charge in [0.05, 0.1) is 6.42 Å². The second-order valence-corrected chi connectivity index (χ2v) is 11.2. The van der Waals surface area contributed by atoms with Crippen LogP contribution in [0.5, 0.6) is 0 Å². The minimum atomic E-state index is -1.11. The molecule has 1 amide bonds. The van der Waals surface area contributed by atoms with E-state index < -0.39 is 17.9 Å². The lowest BCUT2D eigenvalue weighted by atomic mass is 9.47. The molecule has 33 heavy (non-hydrogen) atoms. The second kappa shape index (κ2) is 8.88. The summed E-state index contributed by atoms with van der Waals surface area (Å²) in [5.74, 6) is 0.0526. The van der Waals surface area contributed by atoms with Crippen molar-refractivity contribution in [3.05, 3.63) is 11.6 Å².